The number of pyridine rings is 1. The molecule has 0 saturated heterocycles. The minimum absolute atomic E-state index is 0.569. The highest BCUT2D eigenvalue weighted by Crippen LogP contribution is 2.31. The van der Waals surface area contributed by atoms with Gasteiger partial charge in [-0.2, -0.15) is 0 Å². The summed E-state index contributed by atoms with van der Waals surface area (Å²) in [5.41, 5.74) is 5.06. The van der Waals surface area contributed by atoms with Crippen molar-refractivity contribution in [2.24, 2.45) is 0 Å². The van der Waals surface area contributed by atoms with Gasteiger partial charge in [0, 0.05) is 29.1 Å². The van der Waals surface area contributed by atoms with Gasteiger partial charge in [0.05, 0.1) is 5.69 Å². The van der Waals surface area contributed by atoms with Crippen LogP contribution in [-0.2, 0) is 0 Å². The van der Waals surface area contributed by atoms with E-state index in [1.165, 1.54) is 0 Å². The Morgan fingerprint density at radius 2 is 1.37 bits per heavy atom. The monoisotopic (exact) mass is 397 g/mol. The van der Waals surface area contributed by atoms with E-state index in [9.17, 15) is 4.79 Å². The number of nitrogens with zero attached hydrogens (tertiary/aromatic N) is 3. The standard InChI is InChI=1S/C22H15N3O.2C2H6/c26-15-16-9-11-18(12-10-16)21-19(17-6-2-1-3-7-17)14-24-22(25-21)20-8-4-5-13-23-20;2*1-2/h1-15H;2*1-2H3. The second-order valence-electron chi connectivity index (χ2n) is 5.78. The highest BCUT2D eigenvalue weighted by atomic mass is 16.1. The van der Waals surface area contributed by atoms with Gasteiger partial charge in [-0.3, -0.25) is 9.78 Å². The third-order valence-corrected chi connectivity index (χ3v) is 4.09. The fourth-order valence-corrected chi connectivity index (χ4v) is 2.77. The molecule has 0 N–H and O–H groups in total. The number of hydrogen-bond donors (Lipinski definition) is 0. The van der Waals surface area contributed by atoms with E-state index in [0.29, 0.717) is 11.4 Å². The van der Waals surface area contributed by atoms with Gasteiger partial charge in [-0.05, 0) is 17.7 Å². The lowest BCUT2D eigenvalue weighted by Crippen LogP contribution is -1.97. The summed E-state index contributed by atoms with van der Waals surface area (Å²) in [5.74, 6) is 0.569. The summed E-state index contributed by atoms with van der Waals surface area (Å²) in [7, 11) is 0. The molecule has 4 rings (SSSR count). The lowest BCUT2D eigenvalue weighted by atomic mass is 10.00. The van der Waals surface area contributed by atoms with Crippen molar-refractivity contribution in [3.05, 3.63) is 90.8 Å². The van der Waals surface area contributed by atoms with E-state index < -0.39 is 0 Å². The minimum Gasteiger partial charge on any atom is -0.298 e. The van der Waals surface area contributed by atoms with Crippen LogP contribution in [0.25, 0.3) is 33.9 Å². The number of rotatable bonds is 4. The van der Waals surface area contributed by atoms with Crippen LogP contribution in [0.2, 0.25) is 0 Å². The van der Waals surface area contributed by atoms with Crippen molar-refractivity contribution in [1.29, 1.82) is 0 Å². The van der Waals surface area contributed by atoms with Crippen molar-refractivity contribution in [2.75, 3.05) is 0 Å². The first-order chi connectivity index (χ1) is 14.8. The molecule has 0 aliphatic heterocycles. The van der Waals surface area contributed by atoms with Crippen LogP contribution in [0.4, 0.5) is 0 Å². The normalized spacial score (nSPS) is 9.47. The number of benzene rings is 2. The summed E-state index contributed by atoms with van der Waals surface area (Å²) in [4.78, 5) is 24.6. The first kappa shape index (κ1) is 22.6. The number of aldehydes is 1. The molecule has 0 aliphatic rings. The van der Waals surface area contributed by atoms with E-state index in [1.807, 2.05) is 94.6 Å². The molecule has 2 aromatic carbocycles. The third-order valence-electron chi connectivity index (χ3n) is 4.09. The molecule has 2 aromatic heterocycles. The van der Waals surface area contributed by atoms with Gasteiger partial charge >= 0.3 is 0 Å². The zero-order valence-corrected chi connectivity index (χ0v) is 17.9. The van der Waals surface area contributed by atoms with Gasteiger partial charge in [0.2, 0.25) is 0 Å². The van der Waals surface area contributed by atoms with Gasteiger partial charge in [-0.15, -0.1) is 0 Å². The molecular weight excluding hydrogens is 370 g/mol. The van der Waals surface area contributed by atoms with Gasteiger partial charge in [-0.1, -0.05) is 88.4 Å². The molecule has 0 fully saturated rings. The number of carbonyl (C=O) groups is 1. The van der Waals surface area contributed by atoms with Crippen LogP contribution in [-0.4, -0.2) is 21.2 Å². The predicted molar refractivity (Wildman–Crippen MR) is 124 cm³/mol. The summed E-state index contributed by atoms with van der Waals surface area (Å²) in [6, 6.07) is 23.1. The number of carbonyl (C=O) groups excluding carboxylic acids is 1. The Balaban J connectivity index is 0.000000757. The number of aromatic nitrogens is 3. The molecule has 0 aliphatic carbocycles. The molecule has 4 aromatic rings. The molecule has 4 nitrogen and oxygen atoms in total. The smallest absolute Gasteiger partial charge is 0.178 e. The molecule has 0 saturated carbocycles. The van der Waals surface area contributed by atoms with Crippen LogP contribution in [0.3, 0.4) is 0 Å². The van der Waals surface area contributed by atoms with Gasteiger partial charge in [-0.25, -0.2) is 9.97 Å². The highest BCUT2D eigenvalue weighted by Gasteiger charge is 2.13. The van der Waals surface area contributed by atoms with Crippen LogP contribution in [0, 0.1) is 0 Å². The Labute approximate surface area is 178 Å². The maximum absolute atomic E-state index is 10.9. The van der Waals surface area contributed by atoms with Crippen molar-refractivity contribution in [3.63, 3.8) is 0 Å². The Kier molecular flexibility index (Phi) is 9.07. The van der Waals surface area contributed by atoms with Crippen molar-refractivity contribution >= 4 is 6.29 Å². The fraction of sp³-hybridized carbons (Fsp3) is 0.154. The van der Waals surface area contributed by atoms with E-state index >= 15 is 0 Å². The van der Waals surface area contributed by atoms with Crippen LogP contribution >= 0.6 is 0 Å². The molecule has 0 amide bonds. The molecule has 152 valence electrons. The topological polar surface area (TPSA) is 55.7 Å². The molecule has 4 heteroatoms. The average Bonchev–Trinajstić information content (AvgIpc) is 2.87. The largest absolute Gasteiger partial charge is 0.298 e. The lowest BCUT2D eigenvalue weighted by molar-refractivity contribution is 0.112. The van der Waals surface area contributed by atoms with Crippen LogP contribution < -0.4 is 0 Å². The summed E-state index contributed by atoms with van der Waals surface area (Å²) in [6.45, 7) is 8.00. The summed E-state index contributed by atoms with van der Waals surface area (Å²) >= 11 is 0. The van der Waals surface area contributed by atoms with Gasteiger partial charge in [0.15, 0.2) is 5.82 Å². The quantitative estimate of drug-likeness (QED) is 0.358. The zero-order chi connectivity index (χ0) is 21.8. The molecule has 2 heterocycles. The summed E-state index contributed by atoms with van der Waals surface area (Å²) in [6.07, 6.45) is 4.39. The minimum atomic E-state index is 0.569. The second kappa shape index (κ2) is 12.0. The highest BCUT2D eigenvalue weighted by molar-refractivity contribution is 5.83. The summed E-state index contributed by atoms with van der Waals surface area (Å²) < 4.78 is 0. The maximum Gasteiger partial charge on any atom is 0.178 e. The van der Waals surface area contributed by atoms with Gasteiger partial charge in [0.1, 0.15) is 12.0 Å². The molecule has 0 unspecified atom stereocenters. The van der Waals surface area contributed by atoms with E-state index in [-0.39, 0.29) is 0 Å². The Hall–Kier alpha value is -3.66. The molecule has 0 spiro atoms. The van der Waals surface area contributed by atoms with E-state index in [4.69, 9.17) is 4.98 Å². The van der Waals surface area contributed by atoms with Crippen molar-refractivity contribution < 1.29 is 4.79 Å². The Bertz CT molecular complexity index is 1030. The maximum atomic E-state index is 10.9. The average molecular weight is 398 g/mol. The Morgan fingerprint density at radius 3 is 1.97 bits per heavy atom. The zero-order valence-electron chi connectivity index (χ0n) is 17.9. The first-order valence-electron chi connectivity index (χ1n) is 10.2. The van der Waals surface area contributed by atoms with Gasteiger partial charge < -0.3 is 0 Å². The molecule has 0 bridgehead atoms. The van der Waals surface area contributed by atoms with Crippen molar-refractivity contribution in [2.45, 2.75) is 27.7 Å². The molecule has 0 atom stereocenters. The van der Waals surface area contributed by atoms with Crippen LogP contribution in [0.5, 0.6) is 0 Å². The molecule has 30 heavy (non-hydrogen) atoms. The molecule has 0 radical (unpaired) electrons. The third kappa shape index (κ3) is 5.45. The van der Waals surface area contributed by atoms with E-state index in [2.05, 4.69) is 9.97 Å². The second-order valence-corrected chi connectivity index (χ2v) is 5.78. The van der Waals surface area contributed by atoms with Crippen molar-refractivity contribution in [1.82, 2.24) is 15.0 Å². The fourth-order valence-electron chi connectivity index (χ4n) is 2.77. The van der Waals surface area contributed by atoms with Gasteiger partial charge in [0.25, 0.3) is 0 Å². The number of hydrogen-bond acceptors (Lipinski definition) is 4. The molecular formula is C26H27N3O. The van der Waals surface area contributed by atoms with E-state index in [1.54, 1.807) is 18.3 Å². The van der Waals surface area contributed by atoms with E-state index in [0.717, 1.165) is 34.4 Å². The predicted octanol–water partition coefficient (Wildman–Crippen LogP) is 6.74. The summed E-state index contributed by atoms with van der Waals surface area (Å²) in [5, 5.41) is 0. The first-order valence-corrected chi connectivity index (χ1v) is 10.2. The lowest BCUT2D eigenvalue weighted by Gasteiger charge is -2.11. The van der Waals surface area contributed by atoms with Crippen LogP contribution in [0.15, 0.2) is 85.2 Å². The Morgan fingerprint density at radius 1 is 0.700 bits per heavy atom. The SMILES string of the molecule is CC.CC.O=Cc1ccc(-c2nc(-c3ccccn3)ncc2-c2ccccc2)cc1. The van der Waals surface area contributed by atoms with Crippen LogP contribution in [0.1, 0.15) is 38.1 Å². The van der Waals surface area contributed by atoms with Crippen molar-refractivity contribution in [3.8, 4) is 33.9 Å².